The highest BCUT2D eigenvalue weighted by Crippen LogP contribution is 2.13. The second kappa shape index (κ2) is 6.50. The molecule has 1 aromatic carbocycles. The van der Waals surface area contributed by atoms with E-state index in [9.17, 15) is 9.18 Å². The maximum Gasteiger partial charge on any atom is 0.224 e. The topological polar surface area (TPSA) is 77.9 Å². The van der Waals surface area contributed by atoms with Crippen LogP contribution in [0.4, 0.5) is 10.1 Å². The Bertz CT molecular complexity index is 455. The number of benzene rings is 1. The highest BCUT2D eigenvalue weighted by atomic mass is 19.1. The van der Waals surface area contributed by atoms with Gasteiger partial charge in [-0.05, 0) is 36.6 Å². The lowest BCUT2D eigenvalue weighted by molar-refractivity contribution is -0.116. The number of carbonyl (C=O) groups excluding carboxylic acids is 1. The normalized spacial score (nSPS) is 9.53. The number of rotatable bonds is 5. The SMILES string of the molecule is Cc1ccc(NC(=O)CCCN=[N+]=[N-])cc1F. The molecule has 0 radical (unpaired) electrons. The third kappa shape index (κ3) is 4.53. The zero-order valence-electron chi connectivity index (χ0n) is 9.48. The monoisotopic (exact) mass is 236 g/mol. The quantitative estimate of drug-likeness (QED) is 0.362. The van der Waals surface area contributed by atoms with Crippen LogP contribution in [-0.2, 0) is 4.79 Å². The standard InChI is InChI=1S/C11H13FN4O/c1-8-4-5-9(7-10(8)12)15-11(17)3-2-6-14-16-13/h4-5,7H,2-3,6H2,1H3,(H,15,17). The molecule has 1 N–H and O–H groups in total. The van der Waals surface area contributed by atoms with Gasteiger partial charge in [-0.3, -0.25) is 4.79 Å². The molecule has 0 aliphatic heterocycles. The van der Waals surface area contributed by atoms with Crippen LogP contribution in [0.25, 0.3) is 10.4 Å². The summed E-state index contributed by atoms with van der Waals surface area (Å²) in [5.74, 6) is -0.571. The molecule has 0 bridgehead atoms. The molecule has 1 rings (SSSR count). The number of hydrogen-bond acceptors (Lipinski definition) is 2. The van der Waals surface area contributed by atoms with Crippen LogP contribution in [-0.4, -0.2) is 12.5 Å². The van der Waals surface area contributed by atoms with E-state index in [0.29, 0.717) is 17.7 Å². The number of halogens is 1. The van der Waals surface area contributed by atoms with Crippen molar-refractivity contribution in [1.82, 2.24) is 0 Å². The average Bonchev–Trinajstić information content (AvgIpc) is 2.30. The molecule has 0 aliphatic carbocycles. The summed E-state index contributed by atoms with van der Waals surface area (Å²) in [6.07, 6.45) is 0.721. The predicted octanol–water partition coefficient (Wildman–Crippen LogP) is 3.16. The number of aryl methyl sites for hydroxylation is 1. The maximum atomic E-state index is 13.2. The van der Waals surface area contributed by atoms with Crippen LogP contribution >= 0.6 is 0 Å². The summed E-state index contributed by atoms with van der Waals surface area (Å²) in [5.41, 5.74) is 9.01. The maximum absolute atomic E-state index is 13.2. The number of azide groups is 1. The van der Waals surface area contributed by atoms with Gasteiger partial charge in [-0.2, -0.15) is 0 Å². The van der Waals surface area contributed by atoms with Crippen LogP contribution in [0.15, 0.2) is 23.3 Å². The molecule has 0 aromatic heterocycles. The smallest absolute Gasteiger partial charge is 0.224 e. The minimum Gasteiger partial charge on any atom is -0.326 e. The highest BCUT2D eigenvalue weighted by Gasteiger charge is 2.04. The summed E-state index contributed by atoms with van der Waals surface area (Å²) in [6.45, 7) is 1.94. The lowest BCUT2D eigenvalue weighted by Gasteiger charge is -2.05. The Morgan fingerprint density at radius 3 is 3.00 bits per heavy atom. The second-order valence-corrected chi connectivity index (χ2v) is 3.57. The summed E-state index contributed by atoms with van der Waals surface area (Å²) in [4.78, 5) is 14.0. The van der Waals surface area contributed by atoms with Crippen LogP contribution in [0.3, 0.4) is 0 Å². The zero-order valence-corrected chi connectivity index (χ0v) is 9.48. The van der Waals surface area contributed by atoms with Gasteiger partial charge in [0.2, 0.25) is 5.91 Å². The van der Waals surface area contributed by atoms with E-state index in [1.54, 1.807) is 19.1 Å². The average molecular weight is 236 g/mol. The van der Waals surface area contributed by atoms with Crippen molar-refractivity contribution >= 4 is 11.6 Å². The summed E-state index contributed by atoms with van der Waals surface area (Å²) in [7, 11) is 0. The fourth-order valence-corrected chi connectivity index (χ4v) is 1.25. The molecule has 0 heterocycles. The van der Waals surface area contributed by atoms with Crippen LogP contribution in [0.2, 0.25) is 0 Å². The van der Waals surface area contributed by atoms with Gasteiger partial charge in [-0.1, -0.05) is 11.2 Å². The van der Waals surface area contributed by atoms with Gasteiger partial charge in [0.05, 0.1) is 0 Å². The van der Waals surface area contributed by atoms with Crippen molar-refractivity contribution in [3.63, 3.8) is 0 Å². The first-order valence-electron chi connectivity index (χ1n) is 5.20. The first-order valence-corrected chi connectivity index (χ1v) is 5.20. The molecule has 5 nitrogen and oxygen atoms in total. The largest absolute Gasteiger partial charge is 0.326 e. The Labute approximate surface area is 98.3 Å². The number of carbonyl (C=O) groups is 1. The van der Waals surface area contributed by atoms with Crippen molar-refractivity contribution in [2.45, 2.75) is 19.8 Å². The van der Waals surface area contributed by atoms with E-state index in [-0.39, 0.29) is 24.7 Å². The van der Waals surface area contributed by atoms with Crippen molar-refractivity contribution in [3.05, 3.63) is 40.0 Å². The summed E-state index contributed by atoms with van der Waals surface area (Å²) in [6, 6.07) is 4.52. The van der Waals surface area contributed by atoms with Gasteiger partial charge < -0.3 is 5.32 Å². The van der Waals surface area contributed by atoms with E-state index in [2.05, 4.69) is 15.3 Å². The molecule has 0 fully saturated rings. The van der Waals surface area contributed by atoms with Crippen LogP contribution < -0.4 is 5.32 Å². The second-order valence-electron chi connectivity index (χ2n) is 3.57. The molecule has 17 heavy (non-hydrogen) atoms. The van der Waals surface area contributed by atoms with Crippen LogP contribution in [0, 0.1) is 12.7 Å². The van der Waals surface area contributed by atoms with Gasteiger partial charge in [-0.15, -0.1) is 0 Å². The van der Waals surface area contributed by atoms with Crippen LogP contribution in [0.1, 0.15) is 18.4 Å². The summed E-state index contributed by atoms with van der Waals surface area (Å²) in [5, 5.41) is 5.89. The van der Waals surface area contributed by atoms with Crippen molar-refractivity contribution in [1.29, 1.82) is 0 Å². The highest BCUT2D eigenvalue weighted by molar-refractivity contribution is 5.90. The van der Waals surface area contributed by atoms with E-state index in [0.717, 1.165) is 0 Å². The summed E-state index contributed by atoms with van der Waals surface area (Å²) >= 11 is 0. The third-order valence-corrected chi connectivity index (χ3v) is 2.18. The molecule has 6 heteroatoms. The number of nitrogens with one attached hydrogen (secondary N) is 1. The van der Waals surface area contributed by atoms with Gasteiger partial charge in [0.1, 0.15) is 5.82 Å². The first-order chi connectivity index (χ1) is 8.13. The number of hydrogen-bond donors (Lipinski definition) is 1. The fourth-order valence-electron chi connectivity index (χ4n) is 1.25. The first kappa shape index (κ1) is 13.0. The Morgan fingerprint density at radius 2 is 2.35 bits per heavy atom. The van der Waals surface area contributed by atoms with Gasteiger partial charge in [-0.25, -0.2) is 4.39 Å². The molecule has 1 amide bonds. The minimum atomic E-state index is -0.350. The third-order valence-electron chi connectivity index (χ3n) is 2.18. The fraction of sp³-hybridized carbons (Fsp3) is 0.364. The molecule has 0 atom stereocenters. The van der Waals surface area contributed by atoms with Gasteiger partial charge in [0.25, 0.3) is 0 Å². The Morgan fingerprint density at radius 1 is 1.59 bits per heavy atom. The van der Waals surface area contributed by atoms with E-state index in [1.807, 2.05) is 0 Å². The van der Waals surface area contributed by atoms with Gasteiger partial charge in [0, 0.05) is 23.6 Å². The number of nitrogens with zero attached hydrogens (tertiary/aromatic N) is 3. The van der Waals surface area contributed by atoms with Crippen molar-refractivity contribution < 1.29 is 9.18 Å². The van der Waals surface area contributed by atoms with Gasteiger partial charge in [0.15, 0.2) is 0 Å². The van der Waals surface area contributed by atoms with Crippen LogP contribution in [0.5, 0.6) is 0 Å². The molecule has 0 saturated carbocycles. The molecule has 0 aliphatic rings. The summed E-state index contributed by atoms with van der Waals surface area (Å²) < 4.78 is 13.2. The molecule has 90 valence electrons. The van der Waals surface area contributed by atoms with Gasteiger partial charge >= 0.3 is 0 Å². The Hall–Kier alpha value is -2.07. The van der Waals surface area contributed by atoms with E-state index in [1.165, 1.54) is 6.07 Å². The Balaban J connectivity index is 2.45. The number of anilines is 1. The van der Waals surface area contributed by atoms with Crippen molar-refractivity contribution in [2.75, 3.05) is 11.9 Å². The molecular weight excluding hydrogens is 223 g/mol. The van der Waals surface area contributed by atoms with E-state index < -0.39 is 0 Å². The molecule has 1 aromatic rings. The van der Waals surface area contributed by atoms with E-state index in [4.69, 9.17) is 5.53 Å². The Kier molecular flexibility index (Phi) is 4.97. The number of amides is 1. The predicted molar refractivity (Wildman–Crippen MR) is 63.0 cm³/mol. The van der Waals surface area contributed by atoms with E-state index >= 15 is 0 Å². The lowest BCUT2D eigenvalue weighted by atomic mass is 10.2. The minimum absolute atomic E-state index is 0.221. The molecular formula is C11H13FN4O. The van der Waals surface area contributed by atoms with Crippen molar-refractivity contribution in [3.8, 4) is 0 Å². The zero-order chi connectivity index (χ0) is 12.7. The lowest BCUT2D eigenvalue weighted by Crippen LogP contribution is -2.11. The molecule has 0 saturated heterocycles. The molecule has 0 spiro atoms. The van der Waals surface area contributed by atoms with Crippen molar-refractivity contribution in [2.24, 2.45) is 5.11 Å². The molecule has 0 unspecified atom stereocenters.